The van der Waals surface area contributed by atoms with Crippen molar-refractivity contribution in [2.24, 2.45) is 0 Å². The zero-order chi connectivity index (χ0) is 20.9. The molecule has 0 saturated carbocycles. The maximum atomic E-state index is 10.6. The van der Waals surface area contributed by atoms with Crippen molar-refractivity contribution in [3.8, 4) is 0 Å². The summed E-state index contributed by atoms with van der Waals surface area (Å²) in [5, 5.41) is 42.4. The molecule has 0 atom stereocenters. The first-order valence-electron chi connectivity index (χ1n) is 7.29. The van der Waals surface area contributed by atoms with Crippen LogP contribution in [0, 0.1) is 0 Å². The summed E-state index contributed by atoms with van der Waals surface area (Å²) in [5.74, 6) is -7.99. The largest absolute Gasteiger partial charge is 0.545 e. The maximum Gasteiger partial charge on any atom is 0.124 e. The molecule has 0 radical (unpaired) electrons. The van der Waals surface area contributed by atoms with Crippen molar-refractivity contribution >= 4 is 23.9 Å². The molecule has 14 nitrogen and oxygen atoms in total. The second-order valence-corrected chi connectivity index (χ2v) is 4.51. The highest BCUT2D eigenvalue weighted by molar-refractivity contribution is 6.07. The van der Waals surface area contributed by atoms with E-state index in [0.29, 0.717) is 12.1 Å². The highest BCUT2D eigenvalue weighted by Crippen LogP contribution is 2.16. The molecule has 0 bridgehead atoms. The summed E-state index contributed by atoms with van der Waals surface area (Å²) in [6.07, 6.45) is 0. The molecule has 0 amide bonds. The predicted molar refractivity (Wildman–Crippen MR) is 82.0 cm³/mol. The van der Waals surface area contributed by atoms with Crippen molar-refractivity contribution in [2.75, 3.05) is 26.2 Å². The van der Waals surface area contributed by atoms with Crippen LogP contribution in [0.15, 0.2) is 12.1 Å². The van der Waals surface area contributed by atoms with Crippen LogP contribution in [0.3, 0.4) is 0 Å². The molecule has 162 valence electrons. The third kappa shape index (κ3) is 11.5. The Morgan fingerprint density at radius 2 is 0.679 bits per heavy atom. The average Bonchev–Trinajstić information content (AvgIpc) is 2.60. The maximum absolute atomic E-state index is 10.6. The number of quaternary nitrogens is 4. The first-order valence-corrected chi connectivity index (χ1v) is 7.29. The van der Waals surface area contributed by atoms with Gasteiger partial charge in [-0.2, -0.15) is 0 Å². The summed E-state index contributed by atoms with van der Waals surface area (Å²) in [6, 6.07) is 0.613. The summed E-state index contributed by atoms with van der Waals surface area (Å²) in [7, 11) is 0. The number of hydrogen-bond donors (Lipinski definition) is 4. The summed E-state index contributed by atoms with van der Waals surface area (Å²) >= 11 is 0. The normalized spacial score (nSPS) is 8.43. The first-order chi connectivity index (χ1) is 12.1. The molecule has 14 heteroatoms. The Morgan fingerprint density at radius 1 is 0.536 bits per heavy atom. The van der Waals surface area contributed by atoms with Crippen molar-refractivity contribution in [3.05, 3.63) is 34.4 Å². The van der Waals surface area contributed by atoms with E-state index in [9.17, 15) is 39.6 Å². The molecule has 0 fully saturated rings. The molecule has 16 N–H and O–H groups in total. The van der Waals surface area contributed by atoms with Crippen LogP contribution in [0.2, 0.25) is 0 Å². The Hall–Kier alpha value is -3.14. The third-order valence-corrected chi connectivity index (χ3v) is 2.54. The Labute approximate surface area is 159 Å². The van der Waals surface area contributed by atoms with E-state index in [1.807, 2.05) is 0 Å². The Kier molecular flexibility index (Phi) is 20.1. The van der Waals surface area contributed by atoms with Gasteiger partial charge in [-0.1, -0.05) is 0 Å². The lowest BCUT2D eigenvalue weighted by atomic mass is 9.98. The minimum atomic E-state index is -2.00. The van der Waals surface area contributed by atoms with Gasteiger partial charge in [0.05, 0.1) is 23.9 Å². The third-order valence-electron chi connectivity index (χ3n) is 2.54. The SMILES string of the molecule is O.O.O=C([O-])c1cc(C(=O)[O-])c(C(=O)[O-])cc1C(=O)[O-].[NH3+]CC[NH3+].[NH3+]CC[NH3+]. The average molecular weight is 410 g/mol. The molecule has 0 saturated heterocycles. The molecule has 1 aromatic carbocycles. The smallest absolute Gasteiger partial charge is 0.124 e. The van der Waals surface area contributed by atoms with Gasteiger partial charge in [0.2, 0.25) is 0 Å². The molecule has 0 aliphatic carbocycles. The fourth-order valence-electron chi connectivity index (χ4n) is 1.28. The summed E-state index contributed by atoms with van der Waals surface area (Å²) < 4.78 is 0. The van der Waals surface area contributed by atoms with Crippen LogP contribution in [-0.2, 0) is 0 Å². The molecule has 0 spiro atoms. The van der Waals surface area contributed by atoms with Crippen LogP contribution in [0.4, 0.5) is 0 Å². The van der Waals surface area contributed by atoms with Crippen molar-refractivity contribution in [1.82, 2.24) is 0 Å². The van der Waals surface area contributed by atoms with Gasteiger partial charge in [-0.25, -0.2) is 0 Å². The fraction of sp³-hybridized carbons (Fsp3) is 0.286. The van der Waals surface area contributed by atoms with Crippen molar-refractivity contribution in [1.29, 1.82) is 0 Å². The summed E-state index contributed by atoms with van der Waals surface area (Å²) in [5.41, 5.74) is 10.1. The summed E-state index contributed by atoms with van der Waals surface area (Å²) in [6.45, 7) is 3.83. The molecule has 1 aromatic rings. The van der Waals surface area contributed by atoms with E-state index in [1.54, 1.807) is 0 Å². The van der Waals surface area contributed by atoms with Crippen LogP contribution in [0.1, 0.15) is 41.4 Å². The van der Waals surface area contributed by atoms with E-state index in [-0.39, 0.29) is 11.0 Å². The second-order valence-electron chi connectivity index (χ2n) is 4.51. The Balaban J connectivity index is -0.000000246. The van der Waals surface area contributed by atoms with Gasteiger partial charge < -0.3 is 73.5 Å². The van der Waals surface area contributed by atoms with Gasteiger partial charge in [-0.05, 0) is 12.1 Å². The standard InChI is InChI=1S/C10H6O8.2C2H8N2.2H2O/c11-7(12)3-1-4(8(13)14)6(10(17)18)2-5(3)9(15)16;2*3-1-2-4;;/h1-2H,(H,11,12)(H,13,14)(H,15,16)(H,17,18);2*1-4H2;2*1H2. The van der Waals surface area contributed by atoms with E-state index in [2.05, 4.69) is 22.9 Å². The van der Waals surface area contributed by atoms with Gasteiger partial charge in [-0.3, -0.25) is 0 Å². The van der Waals surface area contributed by atoms with Gasteiger partial charge >= 0.3 is 0 Å². The predicted octanol–water partition coefficient (Wildman–Crippen LogP) is -11.6. The molecule has 0 heterocycles. The number of carbonyl (C=O) groups excluding carboxylic acids is 4. The van der Waals surface area contributed by atoms with Crippen LogP contribution >= 0.6 is 0 Å². The number of hydrogen-bond acceptors (Lipinski definition) is 8. The van der Waals surface area contributed by atoms with Crippen LogP contribution in [-0.4, -0.2) is 61.0 Å². The monoisotopic (exact) mass is 410 g/mol. The van der Waals surface area contributed by atoms with Gasteiger partial charge in [0.1, 0.15) is 26.2 Å². The van der Waals surface area contributed by atoms with Crippen LogP contribution in [0.5, 0.6) is 0 Å². The van der Waals surface area contributed by atoms with E-state index in [0.717, 1.165) is 26.2 Å². The highest BCUT2D eigenvalue weighted by Gasteiger charge is 2.13. The lowest BCUT2D eigenvalue weighted by Crippen LogP contribution is -2.64. The molecule has 0 aliphatic heterocycles. The minimum absolute atomic E-state index is 0. The number of carbonyl (C=O) groups is 4. The fourth-order valence-corrected chi connectivity index (χ4v) is 1.28. The lowest BCUT2D eigenvalue weighted by molar-refractivity contribution is -0.453. The van der Waals surface area contributed by atoms with Crippen LogP contribution < -0.4 is 43.4 Å². The van der Waals surface area contributed by atoms with Crippen LogP contribution in [0.25, 0.3) is 0 Å². The number of carboxylic acids is 4. The van der Waals surface area contributed by atoms with Crippen molar-refractivity contribution < 1.29 is 73.5 Å². The van der Waals surface area contributed by atoms with Gasteiger partial charge in [0.15, 0.2) is 0 Å². The second kappa shape index (κ2) is 17.3. The number of aromatic carboxylic acids is 4. The van der Waals surface area contributed by atoms with E-state index in [4.69, 9.17) is 0 Å². The Bertz CT molecular complexity index is 545. The lowest BCUT2D eigenvalue weighted by Gasteiger charge is -2.18. The van der Waals surface area contributed by atoms with Crippen molar-refractivity contribution in [2.45, 2.75) is 0 Å². The van der Waals surface area contributed by atoms with E-state index < -0.39 is 46.1 Å². The summed E-state index contributed by atoms with van der Waals surface area (Å²) in [4.78, 5) is 42.4. The minimum Gasteiger partial charge on any atom is -0.545 e. The van der Waals surface area contributed by atoms with Gasteiger partial charge in [-0.15, -0.1) is 0 Å². The van der Waals surface area contributed by atoms with Crippen molar-refractivity contribution in [3.63, 3.8) is 0 Å². The van der Waals surface area contributed by atoms with E-state index >= 15 is 0 Å². The quantitative estimate of drug-likeness (QED) is 0.347. The van der Waals surface area contributed by atoms with Gasteiger partial charge in [0.25, 0.3) is 0 Å². The molecule has 1 rings (SSSR count). The number of rotatable bonds is 6. The molecular formula is C14H26N4O10. The molecule has 28 heavy (non-hydrogen) atoms. The molecule has 0 aromatic heterocycles. The zero-order valence-electron chi connectivity index (χ0n) is 15.1. The molecular weight excluding hydrogens is 384 g/mol. The van der Waals surface area contributed by atoms with E-state index in [1.165, 1.54) is 0 Å². The topological polar surface area (TPSA) is 334 Å². The first kappa shape index (κ1) is 32.5. The number of benzene rings is 1. The number of carboxylic acid groups (broad SMARTS) is 4. The zero-order valence-corrected chi connectivity index (χ0v) is 15.1. The van der Waals surface area contributed by atoms with Gasteiger partial charge in [0, 0.05) is 22.3 Å². The Morgan fingerprint density at radius 3 is 0.750 bits per heavy atom. The molecule has 0 unspecified atom stereocenters. The molecule has 0 aliphatic rings. The highest BCUT2D eigenvalue weighted by atomic mass is 16.4.